The number of benzene rings is 1. The molecule has 0 bridgehead atoms. The number of aryl methyl sites for hydroxylation is 1. The molecule has 4 heteroatoms. The highest BCUT2D eigenvalue weighted by atomic mass is 16.1. The van der Waals surface area contributed by atoms with E-state index >= 15 is 0 Å². The van der Waals surface area contributed by atoms with Crippen molar-refractivity contribution in [3.8, 4) is 0 Å². The minimum absolute atomic E-state index is 0.0307. The number of carbonyl (C=O) groups excluding carboxylic acids is 1. The fourth-order valence-corrected chi connectivity index (χ4v) is 2.56. The number of carbonyl (C=O) groups is 1. The van der Waals surface area contributed by atoms with E-state index in [9.17, 15) is 4.79 Å². The fourth-order valence-electron chi connectivity index (χ4n) is 2.56. The maximum absolute atomic E-state index is 12.0. The number of nitrogen functional groups attached to an aromatic ring is 1. The Hall–Kier alpha value is -1.55. The van der Waals surface area contributed by atoms with Crippen LogP contribution < -0.4 is 11.1 Å². The first kappa shape index (κ1) is 13.9. The van der Waals surface area contributed by atoms with Gasteiger partial charge in [0.2, 0.25) is 0 Å². The van der Waals surface area contributed by atoms with E-state index in [0.717, 1.165) is 25.1 Å². The lowest BCUT2D eigenvalue weighted by Gasteiger charge is -2.14. The van der Waals surface area contributed by atoms with Gasteiger partial charge in [-0.2, -0.15) is 0 Å². The first-order valence-electron chi connectivity index (χ1n) is 7.03. The van der Waals surface area contributed by atoms with Gasteiger partial charge in [-0.15, -0.1) is 0 Å². The molecule has 19 heavy (non-hydrogen) atoms. The smallest absolute Gasteiger partial charge is 0.251 e. The lowest BCUT2D eigenvalue weighted by Crippen LogP contribution is -2.28. The van der Waals surface area contributed by atoms with Crippen LogP contribution in [0.2, 0.25) is 0 Å². The number of nitrogens with one attached hydrogen (secondary N) is 1. The number of likely N-dealkylation sites (tertiary alicyclic amines) is 1. The summed E-state index contributed by atoms with van der Waals surface area (Å²) in [5, 5.41) is 2.96. The molecule has 1 saturated heterocycles. The van der Waals surface area contributed by atoms with Gasteiger partial charge < -0.3 is 16.0 Å². The van der Waals surface area contributed by atoms with Crippen molar-refractivity contribution in [2.45, 2.75) is 26.2 Å². The van der Waals surface area contributed by atoms with Crippen LogP contribution in [0.1, 0.15) is 35.2 Å². The van der Waals surface area contributed by atoms with Crippen LogP contribution in [0.25, 0.3) is 0 Å². The molecule has 2 rings (SSSR count). The first-order valence-corrected chi connectivity index (χ1v) is 7.03. The number of nitrogens with zero attached hydrogens (tertiary/aromatic N) is 1. The molecule has 3 N–H and O–H groups in total. The number of anilines is 1. The average molecular weight is 261 g/mol. The van der Waals surface area contributed by atoms with Crippen molar-refractivity contribution >= 4 is 11.6 Å². The lowest BCUT2D eigenvalue weighted by molar-refractivity contribution is 0.0952. The number of amides is 1. The summed E-state index contributed by atoms with van der Waals surface area (Å²) in [6.45, 7) is 6.17. The number of rotatable bonds is 5. The Kier molecular flexibility index (Phi) is 4.80. The second-order valence-electron chi connectivity index (χ2n) is 5.29. The van der Waals surface area contributed by atoms with Gasteiger partial charge in [-0.1, -0.05) is 0 Å². The third-order valence-electron chi connectivity index (χ3n) is 3.50. The highest BCUT2D eigenvalue weighted by Crippen LogP contribution is 2.11. The van der Waals surface area contributed by atoms with Gasteiger partial charge in [0, 0.05) is 17.8 Å². The van der Waals surface area contributed by atoms with Gasteiger partial charge in [-0.3, -0.25) is 4.79 Å². The number of hydrogen-bond acceptors (Lipinski definition) is 3. The van der Waals surface area contributed by atoms with Crippen LogP contribution in [0, 0.1) is 6.92 Å². The Bertz CT molecular complexity index is 419. The maximum Gasteiger partial charge on any atom is 0.251 e. The van der Waals surface area contributed by atoms with Gasteiger partial charge in [0.25, 0.3) is 5.91 Å². The molecular weight excluding hydrogens is 238 g/mol. The maximum atomic E-state index is 12.0. The van der Waals surface area contributed by atoms with E-state index in [1.165, 1.54) is 25.9 Å². The first-order chi connectivity index (χ1) is 9.15. The topological polar surface area (TPSA) is 58.4 Å². The third kappa shape index (κ3) is 4.24. The molecule has 1 amide bonds. The standard InChI is InChI=1S/C15H23N3O/c1-12-9-13(11-14(16)10-12)15(19)17-5-4-8-18-6-2-3-7-18/h9-11H,2-8,16H2,1H3,(H,17,19). The molecule has 1 aliphatic heterocycles. The largest absolute Gasteiger partial charge is 0.399 e. The summed E-state index contributed by atoms with van der Waals surface area (Å²) < 4.78 is 0. The highest BCUT2D eigenvalue weighted by Gasteiger charge is 2.11. The van der Waals surface area contributed by atoms with Crippen LogP contribution in [-0.2, 0) is 0 Å². The van der Waals surface area contributed by atoms with Crippen LogP contribution in [0.4, 0.5) is 5.69 Å². The molecule has 0 atom stereocenters. The molecule has 0 aromatic heterocycles. The summed E-state index contributed by atoms with van der Waals surface area (Å²) in [7, 11) is 0. The van der Waals surface area contributed by atoms with Gasteiger partial charge in [-0.25, -0.2) is 0 Å². The lowest BCUT2D eigenvalue weighted by atomic mass is 10.1. The van der Waals surface area contributed by atoms with Crippen LogP contribution in [0.15, 0.2) is 18.2 Å². The molecule has 104 valence electrons. The monoisotopic (exact) mass is 261 g/mol. The predicted octanol–water partition coefficient (Wildman–Crippen LogP) is 1.79. The van der Waals surface area contributed by atoms with E-state index in [-0.39, 0.29) is 5.91 Å². The Labute approximate surface area is 115 Å². The van der Waals surface area contributed by atoms with E-state index in [1.807, 2.05) is 19.1 Å². The Morgan fingerprint density at radius 1 is 1.32 bits per heavy atom. The average Bonchev–Trinajstić information content (AvgIpc) is 2.86. The summed E-state index contributed by atoms with van der Waals surface area (Å²) >= 11 is 0. The van der Waals surface area contributed by atoms with E-state index in [1.54, 1.807) is 6.07 Å². The normalized spacial score (nSPS) is 15.6. The molecule has 1 heterocycles. The van der Waals surface area contributed by atoms with Crippen LogP contribution in [0.3, 0.4) is 0 Å². The summed E-state index contributed by atoms with van der Waals surface area (Å²) in [4.78, 5) is 14.4. The fraction of sp³-hybridized carbons (Fsp3) is 0.533. The van der Waals surface area contributed by atoms with Gasteiger partial charge in [0.05, 0.1) is 0 Å². The third-order valence-corrected chi connectivity index (χ3v) is 3.50. The summed E-state index contributed by atoms with van der Waals surface area (Å²) in [5.74, 6) is -0.0307. The van der Waals surface area contributed by atoms with Crippen molar-refractivity contribution in [3.05, 3.63) is 29.3 Å². The van der Waals surface area contributed by atoms with E-state index in [2.05, 4.69) is 10.2 Å². The summed E-state index contributed by atoms with van der Waals surface area (Å²) in [6, 6.07) is 5.46. The van der Waals surface area contributed by atoms with Gasteiger partial charge in [0.1, 0.15) is 0 Å². The number of nitrogens with two attached hydrogens (primary N) is 1. The zero-order valence-corrected chi connectivity index (χ0v) is 11.6. The Morgan fingerprint density at radius 3 is 2.74 bits per heavy atom. The van der Waals surface area contributed by atoms with Gasteiger partial charge >= 0.3 is 0 Å². The molecule has 0 spiro atoms. The van der Waals surface area contributed by atoms with Crippen molar-refractivity contribution in [2.75, 3.05) is 31.9 Å². The summed E-state index contributed by atoms with van der Waals surface area (Å²) in [6.07, 6.45) is 3.64. The zero-order chi connectivity index (χ0) is 13.7. The van der Waals surface area contributed by atoms with Crippen molar-refractivity contribution in [2.24, 2.45) is 0 Å². The molecule has 0 saturated carbocycles. The molecule has 1 aromatic rings. The Morgan fingerprint density at radius 2 is 2.05 bits per heavy atom. The zero-order valence-electron chi connectivity index (χ0n) is 11.6. The minimum atomic E-state index is -0.0307. The molecular formula is C15H23N3O. The van der Waals surface area contributed by atoms with Crippen LogP contribution >= 0.6 is 0 Å². The van der Waals surface area contributed by atoms with Crippen LogP contribution in [0.5, 0.6) is 0 Å². The SMILES string of the molecule is Cc1cc(N)cc(C(=O)NCCCN2CCCC2)c1. The van der Waals surface area contributed by atoms with Crippen LogP contribution in [-0.4, -0.2) is 37.0 Å². The van der Waals surface area contributed by atoms with Crippen molar-refractivity contribution in [1.82, 2.24) is 10.2 Å². The quantitative estimate of drug-likeness (QED) is 0.627. The van der Waals surface area contributed by atoms with Gasteiger partial charge in [-0.05, 0) is 69.6 Å². The second-order valence-corrected chi connectivity index (χ2v) is 5.29. The molecule has 0 radical (unpaired) electrons. The second kappa shape index (κ2) is 6.57. The minimum Gasteiger partial charge on any atom is -0.399 e. The van der Waals surface area contributed by atoms with E-state index < -0.39 is 0 Å². The summed E-state index contributed by atoms with van der Waals surface area (Å²) in [5.41, 5.74) is 8.06. The molecule has 1 aliphatic rings. The van der Waals surface area contributed by atoms with Crippen molar-refractivity contribution in [1.29, 1.82) is 0 Å². The highest BCUT2D eigenvalue weighted by molar-refractivity contribution is 5.95. The molecule has 0 aliphatic carbocycles. The molecule has 0 unspecified atom stereocenters. The van der Waals surface area contributed by atoms with E-state index in [4.69, 9.17) is 5.73 Å². The Balaban J connectivity index is 1.74. The molecule has 1 aromatic carbocycles. The molecule has 1 fully saturated rings. The van der Waals surface area contributed by atoms with Gasteiger partial charge in [0.15, 0.2) is 0 Å². The van der Waals surface area contributed by atoms with Crippen molar-refractivity contribution in [3.63, 3.8) is 0 Å². The number of hydrogen-bond donors (Lipinski definition) is 2. The molecule has 4 nitrogen and oxygen atoms in total. The van der Waals surface area contributed by atoms with Crippen molar-refractivity contribution < 1.29 is 4.79 Å². The predicted molar refractivity (Wildman–Crippen MR) is 78.2 cm³/mol. The van der Waals surface area contributed by atoms with E-state index in [0.29, 0.717) is 11.3 Å².